The molecule has 0 spiro atoms. The highest BCUT2D eigenvalue weighted by atomic mass is 35.5. The fraction of sp³-hybridized carbons (Fsp3) is 0.800. The zero-order valence-corrected chi connectivity index (χ0v) is 21.2. The molecule has 0 unspecified atom stereocenters. The normalized spacial score (nSPS) is 12.2. The number of rotatable bonds is 20. The minimum absolute atomic E-state index is 0.00419. The number of carbonyl (C=O) groups excluding carboxylic acids is 4. The molecule has 35 heavy (non-hydrogen) atoms. The van der Waals surface area contributed by atoms with Crippen LogP contribution >= 0.6 is 23.2 Å². The highest BCUT2D eigenvalue weighted by molar-refractivity contribution is 6.18. The summed E-state index contributed by atoms with van der Waals surface area (Å²) >= 11 is 10.9. The van der Waals surface area contributed by atoms with E-state index < -0.39 is 36.5 Å². The van der Waals surface area contributed by atoms with Gasteiger partial charge < -0.3 is 42.6 Å². The molecular formula is C20H32Cl2O13. The van der Waals surface area contributed by atoms with E-state index in [-0.39, 0.29) is 52.9 Å². The van der Waals surface area contributed by atoms with Gasteiger partial charge >= 0.3 is 24.2 Å². The summed E-state index contributed by atoms with van der Waals surface area (Å²) in [6.45, 7) is 3.25. The van der Waals surface area contributed by atoms with Crippen molar-refractivity contribution in [3.63, 3.8) is 0 Å². The fourth-order valence-electron chi connectivity index (χ4n) is 1.87. The Morgan fingerprint density at radius 2 is 0.829 bits per heavy atom. The van der Waals surface area contributed by atoms with Crippen molar-refractivity contribution in [2.24, 2.45) is 0 Å². The SMILES string of the molecule is C[C@H](OC(=O)OCCOCCOC(=O)O[C@@H](C)C(=O)OCCOCCCl)C(=O)OCCOCCCl. The number of esters is 2. The molecule has 0 rings (SSSR count). The Hall–Kier alpha value is -2.06. The molecule has 0 aliphatic rings. The molecule has 0 saturated heterocycles. The van der Waals surface area contributed by atoms with E-state index in [1.807, 2.05) is 0 Å². The lowest BCUT2D eigenvalue weighted by molar-refractivity contribution is -0.155. The Balaban J connectivity index is 3.73. The monoisotopic (exact) mass is 550 g/mol. The van der Waals surface area contributed by atoms with Crippen LogP contribution in [-0.4, -0.2) is 114 Å². The molecular weight excluding hydrogens is 519 g/mol. The van der Waals surface area contributed by atoms with Gasteiger partial charge in [-0.3, -0.25) is 0 Å². The average Bonchev–Trinajstić information content (AvgIpc) is 2.82. The van der Waals surface area contributed by atoms with E-state index in [0.717, 1.165) is 0 Å². The summed E-state index contributed by atoms with van der Waals surface area (Å²) in [7, 11) is 0. The molecule has 0 aromatic carbocycles. The van der Waals surface area contributed by atoms with Gasteiger partial charge in [-0.05, 0) is 13.8 Å². The lowest BCUT2D eigenvalue weighted by Crippen LogP contribution is -2.28. The van der Waals surface area contributed by atoms with Gasteiger partial charge in [0.05, 0.1) is 39.6 Å². The molecule has 0 fully saturated rings. The number of ether oxygens (including phenoxy) is 9. The van der Waals surface area contributed by atoms with Crippen LogP contribution in [0.15, 0.2) is 0 Å². The van der Waals surface area contributed by atoms with E-state index in [1.54, 1.807) is 0 Å². The molecule has 2 atom stereocenters. The van der Waals surface area contributed by atoms with Crippen molar-refractivity contribution in [1.29, 1.82) is 0 Å². The van der Waals surface area contributed by atoms with Gasteiger partial charge in [0.2, 0.25) is 0 Å². The van der Waals surface area contributed by atoms with Crippen molar-refractivity contribution >= 4 is 47.5 Å². The smallest absolute Gasteiger partial charge is 0.461 e. The maximum absolute atomic E-state index is 11.7. The van der Waals surface area contributed by atoms with Crippen LogP contribution in [0.2, 0.25) is 0 Å². The fourth-order valence-corrected chi connectivity index (χ4v) is 2.09. The van der Waals surface area contributed by atoms with E-state index >= 15 is 0 Å². The number of alkyl halides is 2. The molecule has 0 aliphatic carbocycles. The van der Waals surface area contributed by atoms with Crippen LogP contribution < -0.4 is 0 Å². The highest BCUT2D eigenvalue weighted by Gasteiger charge is 2.21. The zero-order chi connectivity index (χ0) is 26.3. The van der Waals surface area contributed by atoms with E-state index in [4.69, 9.17) is 65.8 Å². The Kier molecular flexibility index (Phi) is 21.1. The Bertz CT molecular complexity index is 556. The average molecular weight is 551 g/mol. The number of hydrogen-bond acceptors (Lipinski definition) is 13. The Morgan fingerprint density at radius 1 is 0.514 bits per heavy atom. The molecule has 204 valence electrons. The van der Waals surface area contributed by atoms with Crippen LogP contribution in [0.1, 0.15) is 13.8 Å². The second kappa shape index (κ2) is 22.4. The maximum atomic E-state index is 11.7. The lowest BCUT2D eigenvalue weighted by atomic mass is 10.4. The molecule has 0 aromatic rings. The van der Waals surface area contributed by atoms with Crippen molar-refractivity contribution < 1.29 is 61.8 Å². The molecule has 0 aliphatic heterocycles. The first-order valence-electron chi connectivity index (χ1n) is 10.7. The first kappa shape index (κ1) is 32.9. The molecule has 0 amide bonds. The summed E-state index contributed by atoms with van der Waals surface area (Å²) in [5.74, 6) is -0.855. The van der Waals surface area contributed by atoms with Crippen molar-refractivity contribution in [3.05, 3.63) is 0 Å². The first-order chi connectivity index (χ1) is 16.8. The van der Waals surface area contributed by atoms with Gasteiger partial charge in [-0.25, -0.2) is 19.2 Å². The highest BCUT2D eigenvalue weighted by Crippen LogP contribution is 2.00. The van der Waals surface area contributed by atoms with Gasteiger partial charge in [-0.1, -0.05) is 0 Å². The third kappa shape index (κ3) is 19.9. The van der Waals surface area contributed by atoms with Crippen molar-refractivity contribution in [2.75, 3.05) is 77.8 Å². The molecule has 0 saturated carbocycles. The van der Waals surface area contributed by atoms with E-state index in [2.05, 4.69) is 0 Å². The standard InChI is InChI=1S/C20H32Cl2O13/c1-15(17(23)30-11-7-27-5-3-21)34-19(25)32-13-9-29-10-14-33-20(26)35-16(2)18(24)31-12-8-28-6-4-22/h15-16H,3-14H2,1-2H3/t15-,16-/m0/s1. The van der Waals surface area contributed by atoms with Gasteiger partial charge in [0.15, 0.2) is 12.2 Å². The lowest BCUT2D eigenvalue weighted by Gasteiger charge is -2.13. The zero-order valence-electron chi connectivity index (χ0n) is 19.7. The first-order valence-corrected chi connectivity index (χ1v) is 11.7. The molecule has 0 radical (unpaired) electrons. The predicted octanol–water partition coefficient (Wildman–Crippen LogP) is 1.68. The van der Waals surface area contributed by atoms with Crippen molar-refractivity contribution in [1.82, 2.24) is 0 Å². The largest absolute Gasteiger partial charge is 0.509 e. The molecule has 15 heteroatoms. The van der Waals surface area contributed by atoms with Gasteiger partial charge in [-0.2, -0.15) is 0 Å². The second-order valence-corrected chi connectivity index (χ2v) is 7.02. The second-order valence-electron chi connectivity index (χ2n) is 6.27. The number of carbonyl (C=O) groups is 4. The van der Waals surface area contributed by atoms with Gasteiger partial charge in [0.1, 0.15) is 26.4 Å². The number of halogens is 2. The summed E-state index contributed by atoms with van der Waals surface area (Å²) in [5, 5.41) is 0. The minimum Gasteiger partial charge on any atom is -0.461 e. The molecule has 0 aromatic heterocycles. The molecule has 0 N–H and O–H groups in total. The van der Waals surface area contributed by atoms with Gasteiger partial charge in [0, 0.05) is 11.8 Å². The summed E-state index contributed by atoms with van der Waals surface area (Å²) in [6, 6.07) is 0. The van der Waals surface area contributed by atoms with Crippen molar-refractivity contribution in [3.8, 4) is 0 Å². The van der Waals surface area contributed by atoms with E-state index in [9.17, 15) is 19.2 Å². The topological polar surface area (TPSA) is 151 Å². The third-order valence-electron chi connectivity index (χ3n) is 3.49. The summed E-state index contributed by atoms with van der Waals surface area (Å²) in [6.07, 6.45) is -4.50. The molecule has 0 bridgehead atoms. The van der Waals surface area contributed by atoms with E-state index in [1.165, 1.54) is 13.8 Å². The van der Waals surface area contributed by atoms with Crippen LogP contribution in [-0.2, 0) is 52.2 Å². The molecule has 0 heterocycles. The predicted molar refractivity (Wildman–Crippen MR) is 120 cm³/mol. The summed E-state index contributed by atoms with van der Waals surface area (Å²) in [4.78, 5) is 46.4. The van der Waals surface area contributed by atoms with Crippen LogP contribution in [0.25, 0.3) is 0 Å². The summed E-state index contributed by atoms with van der Waals surface area (Å²) < 4.78 is 43.9. The van der Waals surface area contributed by atoms with Crippen molar-refractivity contribution in [2.45, 2.75) is 26.1 Å². The number of hydrogen-bond donors (Lipinski definition) is 0. The van der Waals surface area contributed by atoms with Gasteiger partial charge in [0.25, 0.3) is 0 Å². The van der Waals surface area contributed by atoms with Crippen LogP contribution in [0, 0.1) is 0 Å². The van der Waals surface area contributed by atoms with Crippen LogP contribution in [0.5, 0.6) is 0 Å². The Morgan fingerprint density at radius 3 is 1.17 bits per heavy atom. The quantitative estimate of drug-likeness (QED) is 0.0935. The minimum atomic E-state index is -1.17. The van der Waals surface area contributed by atoms with Crippen LogP contribution in [0.3, 0.4) is 0 Å². The molecule has 13 nitrogen and oxygen atoms in total. The third-order valence-corrected chi connectivity index (χ3v) is 3.80. The van der Waals surface area contributed by atoms with E-state index in [0.29, 0.717) is 25.0 Å². The summed E-state index contributed by atoms with van der Waals surface area (Å²) in [5.41, 5.74) is 0. The Labute approximate surface area is 213 Å². The van der Waals surface area contributed by atoms with Gasteiger partial charge in [-0.15, -0.1) is 23.2 Å². The maximum Gasteiger partial charge on any atom is 0.509 e. The van der Waals surface area contributed by atoms with Crippen LogP contribution in [0.4, 0.5) is 9.59 Å².